The number of methoxy groups -OCH3 is 1. The zero-order valence-corrected chi connectivity index (χ0v) is 13.3. The quantitative estimate of drug-likeness (QED) is 0.891. The highest BCUT2D eigenvalue weighted by Crippen LogP contribution is 2.32. The average Bonchev–Trinajstić information content (AvgIpc) is 3.24. The summed E-state index contributed by atoms with van der Waals surface area (Å²) in [5.74, 6) is 1.65. The van der Waals surface area contributed by atoms with Crippen molar-refractivity contribution in [1.29, 1.82) is 0 Å². The third-order valence-corrected chi connectivity index (χ3v) is 4.23. The van der Waals surface area contributed by atoms with Crippen LogP contribution in [0.15, 0.2) is 47.1 Å². The molecule has 1 amide bonds. The molecule has 0 spiro atoms. The minimum Gasteiger partial charge on any atom is -0.497 e. The summed E-state index contributed by atoms with van der Waals surface area (Å²) >= 11 is 0. The highest BCUT2D eigenvalue weighted by Gasteiger charge is 2.27. The van der Waals surface area contributed by atoms with Gasteiger partial charge in [-0.05, 0) is 49.2 Å². The van der Waals surface area contributed by atoms with Crippen LogP contribution >= 0.6 is 0 Å². The lowest BCUT2D eigenvalue weighted by molar-refractivity contribution is -0.122. The number of nitrogens with zero attached hydrogens (tertiary/aromatic N) is 1. The van der Waals surface area contributed by atoms with Crippen LogP contribution in [0.1, 0.15) is 30.2 Å². The van der Waals surface area contributed by atoms with E-state index in [0.717, 1.165) is 30.9 Å². The molecule has 1 aliphatic heterocycles. The van der Waals surface area contributed by atoms with Crippen LogP contribution in [0.3, 0.4) is 0 Å². The molecule has 1 saturated heterocycles. The number of rotatable bonds is 6. The molecule has 0 saturated carbocycles. The first-order valence-corrected chi connectivity index (χ1v) is 7.93. The van der Waals surface area contributed by atoms with Crippen molar-refractivity contribution in [3.63, 3.8) is 0 Å². The first kappa shape index (κ1) is 15.6. The lowest BCUT2D eigenvalue weighted by Gasteiger charge is -2.24. The highest BCUT2D eigenvalue weighted by atomic mass is 16.5. The molecule has 1 aliphatic rings. The van der Waals surface area contributed by atoms with Gasteiger partial charge in [0.2, 0.25) is 5.91 Å². The van der Waals surface area contributed by atoms with E-state index in [2.05, 4.69) is 22.3 Å². The van der Waals surface area contributed by atoms with Gasteiger partial charge >= 0.3 is 0 Å². The number of ether oxygens (including phenoxy) is 1. The number of likely N-dealkylation sites (tertiary alicyclic amines) is 1. The molecule has 0 unspecified atom stereocenters. The van der Waals surface area contributed by atoms with Crippen LogP contribution in [-0.2, 0) is 11.3 Å². The standard InChI is InChI=1S/C18H22N2O3/c1-22-15-6-2-5-14(11-15)17-8-3-9-20(17)13-18(21)19-12-16-7-4-10-23-16/h2,4-7,10-11,17H,3,8-9,12-13H2,1H3,(H,19,21)/t17-/m0/s1. The molecule has 1 N–H and O–H groups in total. The van der Waals surface area contributed by atoms with Gasteiger partial charge in [-0.3, -0.25) is 9.69 Å². The summed E-state index contributed by atoms with van der Waals surface area (Å²) in [6, 6.07) is 12.1. The molecule has 1 fully saturated rings. The van der Waals surface area contributed by atoms with Gasteiger partial charge in [-0.2, -0.15) is 0 Å². The number of furan rings is 1. The second-order valence-electron chi connectivity index (χ2n) is 5.76. The molecule has 5 nitrogen and oxygen atoms in total. The summed E-state index contributed by atoms with van der Waals surface area (Å²) in [7, 11) is 1.67. The average molecular weight is 314 g/mol. The molecule has 0 aliphatic carbocycles. The molecule has 122 valence electrons. The fourth-order valence-corrected chi connectivity index (χ4v) is 3.08. The summed E-state index contributed by atoms with van der Waals surface area (Å²) < 4.78 is 10.5. The summed E-state index contributed by atoms with van der Waals surface area (Å²) in [5.41, 5.74) is 1.21. The Morgan fingerprint density at radius 3 is 3.09 bits per heavy atom. The van der Waals surface area contributed by atoms with Gasteiger partial charge in [0, 0.05) is 6.04 Å². The molecule has 23 heavy (non-hydrogen) atoms. The van der Waals surface area contributed by atoms with Gasteiger partial charge in [-0.1, -0.05) is 12.1 Å². The molecule has 0 radical (unpaired) electrons. The smallest absolute Gasteiger partial charge is 0.234 e. The topological polar surface area (TPSA) is 54.7 Å². The second kappa shape index (κ2) is 7.33. The molecule has 3 rings (SSSR count). The fourth-order valence-electron chi connectivity index (χ4n) is 3.08. The van der Waals surface area contributed by atoms with Crippen LogP contribution in [0.4, 0.5) is 0 Å². The van der Waals surface area contributed by atoms with Crippen LogP contribution in [0.2, 0.25) is 0 Å². The Bertz CT molecular complexity index is 639. The van der Waals surface area contributed by atoms with Crippen molar-refractivity contribution in [2.75, 3.05) is 20.2 Å². The van der Waals surface area contributed by atoms with E-state index in [1.807, 2.05) is 24.3 Å². The summed E-state index contributed by atoms with van der Waals surface area (Å²) in [4.78, 5) is 14.4. The van der Waals surface area contributed by atoms with Crippen LogP contribution in [0, 0.1) is 0 Å². The Morgan fingerprint density at radius 1 is 1.39 bits per heavy atom. The number of hydrogen-bond donors (Lipinski definition) is 1. The molecule has 1 atom stereocenters. The number of amides is 1. The van der Waals surface area contributed by atoms with E-state index in [1.165, 1.54) is 5.56 Å². The molecule has 2 heterocycles. The maximum absolute atomic E-state index is 12.2. The van der Waals surface area contributed by atoms with E-state index in [9.17, 15) is 4.79 Å². The molecule has 1 aromatic heterocycles. The van der Waals surface area contributed by atoms with E-state index in [0.29, 0.717) is 13.1 Å². The van der Waals surface area contributed by atoms with Crippen molar-refractivity contribution in [2.24, 2.45) is 0 Å². The van der Waals surface area contributed by atoms with Crippen LogP contribution in [-0.4, -0.2) is 31.0 Å². The third-order valence-electron chi connectivity index (χ3n) is 4.23. The fraction of sp³-hybridized carbons (Fsp3) is 0.389. The normalized spacial score (nSPS) is 18.0. The molecule has 2 aromatic rings. The van der Waals surface area contributed by atoms with Crippen molar-refractivity contribution >= 4 is 5.91 Å². The van der Waals surface area contributed by atoms with Crippen molar-refractivity contribution in [1.82, 2.24) is 10.2 Å². The third kappa shape index (κ3) is 3.93. The van der Waals surface area contributed by atoms with Gasteiger partial charge < -0.3 is 14.5 Å². The molecule has 5 heteroatoms. The van der Waals surface area contributed by atoms with Gasteiger partial charge in [0.25, 0.3) is 0 Å². The van der Waals surface area contributed by atoms with E-state index in [1.54, 1.807) is 13.4 Å². The van der Waals surface area contributed by atoms with Crippen LogP contribution < -0.4 is 10.1 Å². The maximum atomic E-state index is 12.2. The van der Waals surface area contributed by atoms with Crippen molar-refractivity contribution < 1.29 is 13.9 Å². The van der Waals surface area contributed by atoms with E-state index >= 15 is 0 Å². The number of benzene rings is 1. The number of carbonyl (C=O) groups excluding carboxylic acids is 1. The predicted molar refractivity (Wildman–Crippen MR) is 87.1 cm³/mol. The zero-order valence-electron chi connectivity index (χ0n) is 13.3. The Morgan fingerprint density at radius 2 is 2.30 bits per heavy atom. The number of nitrogens with one attached hydrogen (secondary N) is 1. The van der Waals surface area contributed by atoms with Crippen molar-refractivity contribution in [3.8, 4) is 5.75 Å². The van der Waals surface area contributed by atoms with Gasteiger partial charge in [-0.15, -0.1) is 0 Å². The van der Waals surface area contributed by atoms with Crippen molar-refractivity contribution in [3.05, 3.63) is 54.0 Å². The van der Waals surface area contributed by atoms with Crippen LogP contribution in [0.5, 0.6) is 5.75 Å². The van der Waals surface area contributed by atoms with Gasteiger partial charge in [0.1, 0.15) is 11.5 Å². The zero-order chi connectivity index (χ0) is 16.1. The molecular formula is C18H22N2O3. The van der Waals surface area contributed by atoms with E-state index in [-0.39, 0.29) is 11.9 Å². The van der Waals surface area contributed by atoms with E-state index < -0.39 is 0 Å². The van der Waals surface area contributed by atoms with Gasteiger partial charge in [0.15, 0.2) is 0 Å². The van der Waals surface area contributed by atoms with Gasteiger partial charge in [0.05, 0.1) is 26.5 Å². The monoisotopic (exact) mass is 314 g/mol. The Labute approximate surface area is 136 Å². The summed E-state index contributed by atoms with van der Waals surface area (Å²) in [6.45, 7) is 1.78. The Hall–Kier alpha value is -2.27. The lowest BCUT2D eigenvalue weighted by atomic mass is 10.0. The summed E-state index contributed by atoms with van der Waals surface area (Å²) in [5, 5.41) is 2.91. The van der Waals surface area contributed by atoms with Gasteiger partial charge in [-0.25, -0.2) is 0 Å². The first-order valence-electron chi connectivity index (χ1n) is 7.93. The lowest BCUT2D eigenvalue weighted by Crippen LogP contribution is -2.36. The minimum absolute atomic E-state index is 0.0243. The predicted octanol–water partition coefficient (Wildman–Crippen LogP) is 2.74. The van der Waals surface area contributed by atoms with E-state index in [4.69, 9.17) is 9.15 Å². The largest absolute Gasteiger partial charge is 0.497 e. The highest BCUT2D eigenvalue weighted by molar-refractivity contribution is 5.78. The maximum Gasteiger partial charge on any atom is 0.234 e. The Balaban J connectivity index is 1.58. The first-order chi connectivity index (χ1) is 11.3. The molecule has 1 aromatic carbocycles. The SMILES string of the molecule is COc1cccc([C@@H]2CCCN2CC(=O)NCc2ccco2)c1. The summed E-state index contributed by atoms with van der Waals surface area (Å²) in [6.07, 6.45) is 3.78. The molecule has 0 bridgehead atoms. The molecular weight excluding hydrogens is 292 g/mol. The second-order valence-corrected chi connectivity index (χ2v) is 5.76. The van der Waals surface area contributed by atoms with Crippen molar-refractivity contribution in [2.45, 2.75) is 25.4 Å². The Kier molecular flexibility index (Phi) is 4.98. The van der Waals surface area contributed by atoms with Crippen LogP contribution in [0.25, 0.3) is 0 Å². The number of hydrogen-bond acceptors (Lipinski definition) is 4. The number of carbonyl (C=O) groups is 1. The minimum atomic E-state index is 0.0243.